The van der Waals surface area contributed by atoms with Crippen LogP contribution in [0.15, 0.2) is 24.3 Å². The van der Waals surface area contributed by atoms with Crippen molar-refractivity contribution in [1.82, 2.24) is 25.0 Å². The normalized spacial score (nSPS) is 16.3. The highest BCUT2D eigenvalue weighted by atomic mass is 19.3. The third-order valence-electron chi connectivity index (χ3n) is 4.86. The van der Waals surface area contributed by atoms with Gasteiger partial charge in [0.15, 0.2) is 11.3 Å². The molecule has 1 fully saturated rings. The van der Waals surface area contributed by atoms with E-state index in [2.05, 4.69) is 26.2 Å². The van der Waals surface area contributed by atoms with Gasteiger partial charge in [0.1, 0.15) is 5.82 Å². The van der Waals surface area contributed by atoms with Gasteiger partial charge in [0.25, 0.3) is 5.92 Å². The second kappa shape index (κ2) is 6.72. The molecule has 3 heterocycles. The Morgan fingerprint density at radius 3 is 2.59 bits per heavy atom. The molecule has 2 aromatic heterocycles. The van der Waals surface area contributed by atoms with Gasteiger partial charge in [-0.3, -0.25) is 0 Å². The summed E-state index contributed by atoms with van der Waals surface area (Å²) < 4.78 is 27.7. The van der Waals surface area contributed by atoms with Gasteiger partial charge in [0, 0.05) is 18.4 Å². The van der Waals surface area contributed by atoms with Gasteiger partial charge in [0.2, 0.25) is 5.65 Å². The zero-order valence-corrected chi connectivity index (χ0v) is 16.5. The first-order valence-corrected chi connectivity index (χ1v) is 9.40. The summed E-state index contributed by atoms with van der Waals surface area (Å²) in [7, 11) is 0. The topological polar surface area (TPSA) is 83.5 Å². The van der Waals surface area contributed by atoms with Crippen molar-refractivity contribution in [3.8, 4) is 6.07 Å². The molecule has 0 atom stereocenters. The van der Waals surface area contributed by atoms with Crippen molar-refractivity contribution in [1.29, 1.82) is 5.26 Å². The van der Waals surface area contributed by atoms with E-state index in [4.69, 9.17) is 0 Å². The summed E-state index contributed by atoms with van der Waals surface area (Å²) in [5.41, 5.74) is 1.69. The largest absolute Gasteiger partial charge is 0.348 e. The number of halogens is 2. The first-order chi connectivity index (χ1) is 13.7. The highest BCUT2D eigenvalue weighted by Gasteiger charge is 2.40. The first kappa shape index (κ1) is 19.2. The number of nitriles is 1. The van der Waals surface area contributed by atoms with E-state index in [0.29, 0.717) is 28.4 Å². The molecule has 1 saturated heterocycles. The fourth-order valence-corrected chi connectivity index (χ4v) is 3.30. The zero-order valence-electron chi connectivity index (χ0n) is 16.5. The third-order valence-corrected chi connectivity index (χ3v) is 4.86. The number of hydrogen-bond acceptors (Lipinski definition) is 6. The predicted octanol–water partition coefficient (Wildman–Crippen LogP) is 3.28. The second-order valence-electron chi connectivity index (χ2n) is 8.32. The van der Waals surface area contributed by atoms with Crippen LogP contribution in [-0.4, -0.2) is 44.0 Å². The number of anilines is 1. The molecular formula is C20H21F2N7. The molecule has 0 spiro atoms. The Labute approximate surface area is 167 Å². The maximum absolute atomic E-state index is 13.8. The number of aromatic nitrogens is 5. The lowest BCUT2D eigenvalue weighted by Gasteiger charge is -2.21. The predicted molar refractivity (Wildman–Crippen MR) is 104 cm³/mol. The van der Waals surface area contributed by atoms with Crippen molar-refractivity contribution in [2.45, 2.75) is 45.1 Å². The van der Waals surface area contributed by atoms with Crippen LogP contribution < -0.4 is 4.90 Å². The summed E-state index contributed by atoms with van der Waals surface area (Å²) in [6.45, 7) is 5.97. The van der Waals surface area contributed by atoms with Crippen LogP contribution in [0.1, 0.15) is 44.1 Å². The van der Waals surface area contributed by atoms with Crippen molar-refractivity contribution in [3.63, 3.8) is 0 Å². The molecule has 1 aromatic carbocycles. The van der Waals surface area contributed by atoms with Crippen LogP contribution >= 0.6 is 0 Å². The van der Waals surface area contributed by atoms with Gasteiger partial charge in [0.05, 0.1) is 24.7 Å². The molecule has 1 aliphatic rings. The minimum Gasteiger partial charge on any atom is -0.348 e. The molecule has 0 unspecified atom stereocenters. The Hall–Kier alpha value is -3.15. The van der Waals surface area contributed by atoms with E-state index in [1.165, 1.54) is 4.80 Å². The Bertz CT molecular complexity index is 1110. The molecule has 0 saturated carbocycles. The van der Waals surface area contributed by atoms with Crippen LogP contribution in [0.5, 0.6) is 0 Å². The van der Waals surface area contributed by atoms with Crippen molar-refractivity contribution < 1.29 is 8.78 Å². The van der Waals surface area contributed by atoms with Crippen LogP contribution in [0.4, 0.5) is 14.6 Å². The van der Waals surface area contributed by atoms with Gasteiger partial charge in [-0.15, -0.1) is 10.2 Å². The Morgan fingerprint density at radius 2 is 1.93 bits per heavy atom. The van der Waals surface area contributed by atoms with Gasteiger partial charge in [-0.1, -0.05) is 39.0 Å². The van der Waals surface area contributed by atoms with E-state index in [1.807, 2.05) is 32.9 Å². The molecule has 29 heavy (non-hydrogen) atoms. The summed E-state index contributed by atoms with van der Waals surface area (Å²) in [6, 6.07) is 9.35. The van der Waals surface area contributed by atoms with Gasteiger partial charge < -0.3 is 4.90 Å². The Morgan fingerprint density at radius 1 is 1.17 bits per heavy atom. The fraction of sp³-hybridized carbons (Fsp3) is 0.450. The molecule has 3 aromatic rings. The van der Waals surface area contributed by atoms with Crippen LogP contribution in [0.3, 0.4) is 0 Å². The molecule has 0 aliphatic carbocycles. The first-order valence-electron chi connectivity index (χ1n) is 9.40. The molecular weight excluding hydrogens is 376 g/mol. The highest BCUT2D eigenvalue weighted by molar-refractivity contribution is 5.82. The molecule has 4 rings (SSSR count). The smallest absolute Gasteiger partial charge is 0.266 e. The van der Waals surface area contributed by atoms with Gasteiger partial charge in [-0.2, -0.15) is 10.1 Å². The Kier molecular flexibility index (Phi) is 4.45. The van der Waals surface area contributed by atoms with Crippen LogP contribution in [0.2, 0.25) is 0 Å². The van der Waals surface area contributed by atoms with Crippen LogP contribution in [-0.2, 0) is 12.0 Å². The minimum absolute atomic E-state index is 0.201. The monoisotopic (exact) mass is 397 g/mol. The SMILES string of the molecule is CC(C)(C)c1nc(N2CCC(F)(F)C2)c2nn(Cc3ccccc3C#N)nc2n1. The van der Waals surface area contributed by atoms with Crippen molar-refractivity contribution in [2.24, 2.45) is 0 Å². The third kappa shape index (κ3) is 3.75. The summed E-state index contributed by atoms with van der Waals surface area (Å²) in [4.78, 5) is 12.1. The maximum atomic E-state index is 13.8. The van der Waals surface area contributed by atoms with E-state index >= 15 is 0 Å². The molecule has 0 radical (unpaired) electrons. The number of hydrogen-bond donors (Lipinski definition) is 0. The maximum Gasteiger partial charge on any atom is 0.266 e. The zero-order chi connectivity index (χ0) is 20.8. The quantitative estimate of drug-likeness (QED) is 0.674. The fourth-order valence-electron chi connectivity index (χ4n) is 3.30. The van der Waals surface area contributed by atoms with Crippen LogP contribution in [0, 0.1) is 11.3 Å². The lowest BCUT2D eigenvalue weighted by molar-refractivity contribution is 0.0257. The summed E-state index contributed by atoms with van der Waals surface area (Å²) in [5.74, 6) is -1.84. The number of alkyl halides is 2. The van der Waals surface area contributed by atoms with E-state index < -0.39 is 12.5 Å². The molecule has 9 heteroatoms. The summed E-state index contributed by atoms with van der Waals surface area (Å²) >= 11 is 0. The average molecular weight is 397 g/mol. The second-order valence-corrected chi connectivity index (χ2v) is 8.32. The molecule has 0 bridgehead atoms. The number of fused-ring (bicyclic) bond motifs is 1. The summed E-state index contributed by atoms with van der Waals surface area (Å²) in [5, 5.41) is 18.2. The van der Waals surface area contributed by atoms with E-state index in [-0.39, 0.29) is 24.9 Å². The molecule has 150 valence electrons. The molecule has 1 aliphatic heterocycles. The molecule has 0 N–H and O–H groups in total. The highest BCUT2D eigenvalue weighted by Crippen LogP contribution is 2.33. The van der Waals surface area contributed by atoms with Gasteiger partial charge in [-0.25, -0.2) is 18.7 Å². The number of benzene rings is 1. The van der Waals surface area contributed by atoms with Crippen molar-refractivity contribution in [3.05, 3.63) is 41.2 Å². The number of nitrogens with zero attached hydrogens (tertiary/aromatic N) is 7. The molecule has 7 nitrogen and oxygen atoms in total. The van der Waals surface area contributed by atoms with Gasteiger partial charge in [-0.05, 0) is 11.6 Å². The lowest BCUT2D eigenvalue weighted by atomic mass is 9.96. The van der Waals surface area contributed by atoms with Crippen molar-refractivity contribution >= 4 is 17.0 Å². The summed E-state index contributed by atoms with van der Waals surface area (Å²) in [6.07, 6.45) is -0.215. The van der Waals surface area contributed by atoms with Crippen LogP contribution in [0.25, 0.3) is 11.2 Å². The van der Waals surface area contributed by atoms with E-state index in [0.717, 1.165) is 5.56 Å². The van der Waals surface area contributed by atoms with Gasteiger partial charge >= 0.3 is 0 Å². The minimum atomic E-state index is -2.75. The Balaban J connectivity index is 1.80. The van der Waals surface area contributed by atoms with E-state index in [1.54, 1.807) is 17.0 Å². The molecule has 0 amide bonds. The average Bonchev–Trinajstić information content (AvgIpc) is 3.22. The standard InChI is InChI=1S/C20H21F2N7/c1-19(2,3)18-24-16-15(17(25-18)28-9-8-20(21,22)12-28)26-29(27-16)11-14-7-5-4-6-13(14)10-23/h4-7H,8-9,11-12H2,1-3H3. The lowest BCUT2D eigenvalue weighted by Crippen LogP contribution is -2.27. The number of rotatable bonds is 3. The van der Waals surface area contributed by atoms with E-state index in [9.17, 15) is 14.0 Å². The van der Waals surface area contributed by atoms with Crippen molar-refractivity contribution in [2.75, 3.05) is 18.0 Å².